The molecule has 0 aliphatic heterocycles. The van der Waals surface area contributed by atoms with Gasteiger partial charge in [0.2, 0.25) is 0 Å². The largest absolute Gasteiger partial charge is 0.488 e. The van der Waals surface area contributed by atoms with Crippen LogP contribution in [0.1, 0.15) is 20.9 Å². The van der Waals surface area contributed by atoms with Gasteiger partial charge in [0.15, 0.2) is 0 Å². The second kappa shape index (κ2) is 8.19. The maximum atomic E-state index is 13.0. The van der Waals surface area contributed by atoms with E-state index in [1.54, 1.807) is 36.4 Å². The highest BCUT2D eigenvalue weighted by Gasteiger charge is 2.15. The van der Waals surface area contributed by atoms with E-state index in [-0.39, 0.29) is 19.0 Å². The first-order chi connectivity index (χ1) is 13.7. The maximum absolute atomic E-state index is 13.0. The van der Waals surface area contributed by atoms with Crippen LogP contribution in [0.5, 0.6) is 5.75 Å². The molecule has 0 saturated heterocycles. The summed E-state index contributed by atoms with van der Waals surface area (Å²) in [5, 5.41) is 0.735. The first kappa shape index (κ1) is 18.1. The van der Waals surface area contributed by atoms with Crippen molar-refractivity contribution < 1.29 is 18.7 Å². The van der Waals surface area contributed by atoms with E-state index >= 15 is 0 Å². The van der Waals surface area contributed by atoms with E-state index in [0.717, 1.165) is 20.8 Å². The average Bonchev–Trinajstić information content (AvgIpc) is 3.15. The third-order valence-electron chi connectivity index (χ3n) is 4.08. The van der Waals surface area contributed by atoms with Crippen molar-refractivity contribution in [3.05, 3.63) is 94.7 Å². The summed E-state index contributed by atoms with van der Waals surface area (Å²) in [7, 11) is 0. The number of esters is 1. The summed E-state index contributed by atoms with van der Waals surface area (Å²) in [5.41, 5.74) is 2.03. The summed E-state index contributed by atoms with van der Waals surface area (Å²) >= 11 is 1.50. The lowest BCUT2D eigenvalue weighted by Gasteiger charge is -2.11. The highest BCUT2D eigenvalue weighted by Crippen LogP contribution is 2.24. The lowest BCUT2D eigenvalue weighted by Crippen LogP contribution is -2.08. The van der Waals surface area contributed by atoms with E-state index in [4.69, 9.17) is 9.47 Å². The quantitative estimate of drug-likeness (QED) is 0.413. The van der Waals surface area contributed by atoms with Crippen molar-refractivity contribution in [3.8, 4) is 5.75 Å². The zero-order chi connectivity index (χ0) is 19.3. The van der Waals surface area contributed by atoms with Crippen molar-refractivity contribution in [1.29, 1.82) is 0 Å². The Bertz CT molecular complexity index is 1080. The first-order valence-corrected chi connectivity index (χ1v) is 9.48. The molecule has 4 nitrogen and oxygen atoms in total. The third-order valence-corrected chi connectivity index (χ3v) is 5.09. The highest BCUT2D eigenvalue weighted by molar-refractivity contribution is 7.18. The van der Waals surface area contributed by atoms with Gasteiger partial charge in [-0.25, -0.2) is 14.2 Å². The Morgan fingerprint density at radius 2 is 1.68 bits per heavy atom. The standard InChI is InChI=1S/C22H16FNO3S/c23-16-11-9-15(10-12-16)13-26-19-7-3-1-5-17(19)22(25)27-14-21-24-18-6-2-4-8-20(18)28-21/h1-12H,13-14H2. The Labute approximate surface area is 165 Å². The van der Waals surface area contributed by atoms with Crippen LogP contribution in [0.2, 0.25) is 0 Å². The summed E-state index contributed by atoms with van der Waals surface area (Å²) in [6, 6.07) is 20.7. The minimum absolute atomic E-state index is 0.102. The Kier molecular flexibility index (Phi) is 5.30. The number of rotatable bonds is 6. The predicted molar refractivity (Wildman–Crippen MR) is 106 cm³/mol. The van der Waals surface area contributed by atoms with Gasteiger partial charge in [-0.15, -0.1) is 11.3 Å². The van der Waals surface area contributed by atoms with Crippen LogP contribution in [-0.4, -0.2) is 11.0 Å². The number of para-hydroxylation sites is 2. The smallest absolute Gasteiger partial charge is 0.342 e. The molecule has 0 amide bonds. The van der Waals surface area contributed by atoms with E-state index in [2.05, 4.69) is 4.98 Å². The third kappa shape index (κ3) is 4.18. The fraction of sp³-hybridized carbons (Fsp3) is 0.0909. The van der Waals surface area contributed by atoms with Crippen LogP contribution in [0, 0.1) is 5.82 Å². The number of fused-ring (bicyclic) bond motifs is 1. The van der Waals surface area contributed by atoms with Crippen LogP contribution in [-0.2, 0) is 18.0 Å². The SMILES string of the molecule is O=C(OCc1nc2ccccc2s1)c1ccccc1OCc1ccc(F)cc1. The van der Waals surface area contributed by atoms with Crippen LogP contribution in [0.15, 0.2) is 72.8 Å². The van der Waals surface area contributed by atoms with E-state index < -0.39 is 5.97 Å². The molecule has 6 heteroatoms. The van der Waals surface area contributed by atoms with E-state index in [0.29, 0.717) is 11.3 Å². The van der Waals surface area contributed by atoms with Gasteiger partial charge in [0, 0.05) is 0 Å². The summed E-state index contributed by atoms with van der Waals surface area (Å²) in [6.45, 7) is 0.326. The monoisotopic (exact) mass is 393 g/mol. The Morgan fingerprint density at radius 3 is 2.50 bits per heavy atom. The number of benzene rings is 3. The highest BCUT2D eigenvalue weighted by atomic mass is 32.1. The van der Waals surface area contributed by atoms with Crippen LogP contribution in [0.25, 0.3) is 10.2 Å². The predicted octanol–water partition coefficient (Wildman–Crippen LogP) is 5.37. The van der Waals surface area contributed by atoms with Crippen LogP contribution in [0.4, 0.5) is 4.39 Å². The molecule has 28 heavy (non-hydrogen) atoms. The number of nitrogens with zero attached hydrogens (tertiary/aromatic N) is 1. The number of aromatic nitrogens is 1. The Hall–Kier alpha value is -3.25. The minimum atomic E-state index is -0.478. The molecule has 0 aliphatic rings. The number of thiazole rings is 1. The van der Waals surface area contributed by atoms with Crippen LogP contribution < -0.4 is 4.74 Å². The molecule has 0 N–H and O–H groups in total. The number of hydrogen-bond donors (Lipinski definition) is 0. The molecular formula is C22H16FNO3S. The summed E-state index contributed by atoms with van der Waals surface area (Å²) in [4.78, 5) is 17.0. The zero-order valence-corrected chi connectivity index (χ0v) is 15.6. The lowest BCUT2D eigenvalue weighted by molar-refractivity contribution is 0.0467. The number of ether oxygens (including phenoxy) is 2. The summed E-state index contributed by atoms with van der Waals surface area (Å²) in [5.74, 6) is -0.363. The second-order valence-electron chi connectivity index (χ2n) is 6.06. The van der Waals surface area contributed by atoms with Gasteiger partial charge in [-0.05, 0) is 42.0 Å². The summed E-state index contributed by atoms with van der Waals surface area (Å²) < 4.78 is 25.2. The molecule has 0 fully saturated rings. The molecule has 0 spiro atoms. The molecular weight excluding hydrogens is 377 g/mol. The van der Waals surface area contributed by atoms with Crippen molar-refractivity contribution >= 4 is 27.5 Å². The van der Waals surface area contributed by atoms with E-state index in [1.165, 1.54) is 23.5 Å². The van der Waals surface area contributed by atoms with Gasteiger partial charge in [0.1, 0.15) is 35.4 Å². The molecule has 1 heterocycles. The molecule has 140 valence electrons. The second-order valence-corrected chi connectivity index (χ2v) is 7.18. The Morgan fingerprint density at radius 1 is 0.929 bits per heavy atom. The summed E-state index contributed by atoms with van der Waals surface area (Å²) in [6.07, 6.45) is 0. The Balaban J connectivity index is 1.43. The number of hydrogen-bond acceptors (Lipinski definition) is 5. The fourth-order valence-corrected chi connectivity index (χ4v) is 3.57. The van der Waals surface area contributed by atoms with Gasteiger partial charge in [-0.1, -0.05) is 36.4 Å². The van der Waals surface area contributed by atoms with Crippen LogP contribution >= 0.6 is 11.3 Å². The van der Waals surface area contributed by atoms with E-state index in [9.17, 15) is 9.18 Å². The number of halogens is 1. The van der Waals surface area contributed by atoms with Gasteiger partial charge in [-0.2, -0.15) is 0 Å². The van der Waals surface area contributed by atoms with Gasteiger partial charge in [0.05, 0.1) is 10.2 Å². The molecule has 0 atom stereocenters. The molecule has 0 aliphatic carbocycles. The number of carbonyl (C=O) groups is 1. The molecule has 0 radical (unpaired) electrons. The van der Waals surface area contributed by atoms with E-state index in [1.807, 2.05) is 24.3 Å². The van der Waals surface area contributed by atoms with Gasteiger partial charge < -0.3 is 9.47 Å². The number of carbonyl (C=O) groups excluding carboxylic acids is 1. The molecule has 0 saturated carbocycles. The van der Waals surface area contributed by atoms with Crippen molar-refractivity contribution in [2.45, 2.75) is 13.2 Å². The average molecular weight is 393 g/mol. The van der Waals surface area contributed by atoms with Gasteiger partial charge in [-0.3, -0.25) is 0 Å². The first-order valence-electron chi connectivity index (χ1n) is 8.67. The molecule has 1 aromatic heterocycles. The molecule has 3 aromatic carbocycles. The zero-order valence-electron chi connectivity index (χ0n) is 14.8. The molecule has 4 rings (SSSR count). The normalized spacial score (nSPS) is 10.8. The molecule has 0 bridgehead atoms. The van der Waals surface area contributed by atoms with Crippen molar-refractivity contribution in [3.63, 3.8) is 0 Å². The van der Waals surface area contributed by atoms with Crippen molar-refractivity contribution in [1.82, 2.24) is 4.98 Å². The minimum Gasteiger partial charge on any atom is -0.488 e. The van der Waals surface area contributed by atoms with Crippen LogP contribution in [0.3, 0.4) is 0 Å². The maximum Gasteiger partial charge on any atom is 0.342 e. The van der Waals surface area contributed by atoms with Crippen molar-refractivity contribution in [2.24, 2.45) is 0 Å². The van der Waals surface area contributed by atoms with Gasteiger partial charge in [0.25, 0.3) is 0 Å². The van der Waals surface area contributed by atoms with Crippen molar-refractivity contribution in [2.75, 3.05) is 0 Å². The topological polar surface area (TPSA) is 48.4 Å². The molecule has 4 aromatic rings. The lowest BCUT2D eigenvalue weighted by atomic mass is 10.2. The molecule has 0 unspecified atom stereocenters. The van der Waals surface area contributed by atoms with Gasteiger partial charge >= 0.3 is 5.97 Å². The fourth-order valence-electron chi connectivity index (χ4n) is 2.69.